The molecule has 2 aliphatic carbocycles. The zero-order chi connectivity index (χ0) is 23.5. The number of fused-ring (bicyclic) bond motifs is 4. The monoisotopic (exact) mass is 470 g/mol. The van der Waals surface area contributed by atoms with Crippen LogP contribution in [0.1, 0.15) is 60.5 Å². The van der Waals surface area contributed by atoms with Gasteiger partial charge < -0.3 is 14.2 Å². The van der Waals surface area contributed by atoms with Gasteiger partial charge in [-0.3, -0.25) is 14.9 Å². The Labute approximate surface area is 197 Å². The minimum Gasteiger partial charge on any atom is -0.496 e. The van der Waals surface area contributed by atoms with Crippen molar-refractivity contribution in [3.63, 3.8) is 0 Å². The molecule has 6 atom stereocenters. The quantitative estimate of drug-likeness (QED) is 0.654. The number of hydrogen-bond acceptors (Lipinski definition) is 7. The lowest BCUT2D eigenvalue weighted by Crippen LogP contribution is -2.50. The van der Waals surface area contributed by atoms with E-state index in [2.05, 4.69) is 19.2 Å². The highest BCUT2D eigenvalue weighted by atomic mass is 32.1. The number of hydrogen-bond donors (Lipinski definition) is 1. The fraction of sp³-hybridized carbons (Fsp3) is 0.560. The summed E-state index contributed by atoms with van der Waals surface area (Å²) in [6.07, 6.45) is 2.93. The molecule has 176 valence electrons. The third-order valence-electron chi connectivity index (χ3n) is 8.03. The summed E-state index contributed by atoms with van der Waals surface area (Å²) in [5, 5.41) is 3.53. The number of esters is 1. The highest BCUT2D eigenvalue weighted by Gasteiger charge is 2.58. The number of anilines is 1. The molecule has 1 N–H and O–H groups in total. The fourth-order valence-electron chi connectivity index (χ4n) is 6.37. The van der Waals surface area contributed by atoms with Gasteiger partial charge in [0.15, 0.2) is 5.13 Å². The molecule has 0 radical (unpaired) electrons. The molecule has 1 aromatic heterocycles. The standard InChI is InChI=1S/C25H30N2O5S/c1-12-14-9-10-25(3)11-17-20(13(2)19(25)21(14)32-23(12)29)26-24(33-17)27-22(28)18-15(30-4)7-6-8-16(18)31-5/h6-8,12-14,19,21H,9-11H2,1-5H3,(H,26,27,28)/t12-,13-,14-,19+,21-,25-/m0/s1. The minimum atomic E-state index is -0.315. The predicted octanol–water partition coefficient (Wildman–Crippen LogP) is 4.67. The molecule has 5 rings (SSSR count). The van der Waals surface area contributed by atoms with Gasteiger partial charge in [-0.2, -0.15) is 0 Å². The third kappa shape index (κ3) is 3.41. The van der Waals surface area contributed by atoms with E-state index in [0.717, 1.165) is 25.0 Å². The van der Waals surface area contributed by atoms with Crippen LogP contribution in [0.25, 0.3) is 0 Å². The number of benzene rings is 1. The Kier molecular flexibility index (Phi) is 5.39. The Morgan fingerprint density at radius 2 is 1.91 bits per heavy atom. The van der Waals surface area contributed by atoms with E-state index >= 15 is 0 Å². The molecule has 8 heteroatoms. The molecule has 2 fully saturated rings. The van der Waals surface area contributed by atoms with Gasteiger partial charge in [-0.05, 0) is 36.8 Å². The number of ether oxygens (including phenoxy) is 3. The highest BCUT2D eigenvalue weighted by Crippen LogP contribution is 2.59. The molecule has 33 heavy (non-hydrogen) atoms. The second kappa shape index (κ2) is 8.01. The highest BCUT2D eigenvalue weighted by molar-refractivity contribution is 7.16. The molecule has 2 aromatic rings. The van der Waals surface area contributed by atoms with E-state index in [-0.39, 0.29) is 47.1 Å². The number of aromatic nitrogens is 1. The summed E-state index contributed by atoms with van der Waals surface area (Å²) in [6, 6.07) is 5.25. The predicted molar refractivity (Wildman–Crippen MR) is 125 cm³/mol. The lowest BCUT2D eigenvalue weighted by molar-refractivity contribution is -0.149. The second-order valence-electron chi connectivity index (χ2n) is 9.86. The van der Waals surface area contributed by atoms with Crippen molar-refractivity contribution in [1.82, 2.24) is 4.98 Å². The number of rotatable bonds is 4. The van der Waals surface area contributed by atoms with Gasteiger partial charge in [0.2, 0.25) is 0 Å². The SMILES string of the molecule is COc1cccc(OC)c1C(=O)Nc1nc2c(s1)C[C@]1(C)CC[C@@H]3[C@H](OC(=O)[C@H]3C)[C@H]1[C@@H]2C. The van der Waals surface area contributed by atoms with Gasteiger partial charge in [0.25, 0.3) is 5.91 Å². The van der Waals surface area contributed by atoms with Crippen molar-refractivity contribution in [2.45, 2.75) is 52.1 Å². The molecule has 0 unspecified atom stereocenters. The number of thiazole rings is 1. The maximum atomic E-state index is 13.1. The van der Waals surface area contributed by atoms with E-state index in [9.17, 15) is 9.59 Å². The summed E-state index contributed by atoms with van der Waals surface area (Å²) >= 11 is 1.54. The van der Waals surface area contributed by atoms with Crippen LogP contribution in [0.15, 0.2) is 18.2 Å². The molecule has 7 nitrogen and oxygen atoms in total. The number of carbonyl (C=O) groups excluding carboxylic acids is 2. The van der Waals surface area contributed by atoms with Crippen LogP contribution < -0.4 is 14.8 Å². The first-order chi connectivity index (χ1) is 15.8. The van der Waals surface area contributed by atoms with Crippen LogP contribution in [0.3, 0.4) is 0 Å². The van der Waals surface area contributed by atoms with Crippen LogP contribution in [0.4, 0.5) is 5.13 Å². The molecule has 0 spiro atoms. The largest absolute Gasteiger partial charge is 0.496 e. The van der Waals surface area contributed by atoms with E-state index in [0.29, 0.717) is 22.2 Å². The molecular weight excluding hydrogens is 440 g/mol. The van der Waals surface area contributed by atoms with Crippen LogP contribution in [0, 0.1) is 23.2 Å². The van der Waals surface area contributed by atoms with Gasteiger partial charge in [0.1, 0.15) is 23.2 Å². The molecule has 1 amide bonds. The molecule has 1 saturated carbocycles. The molecule has 1 aromatic carbocycles. The summed E-state index contributed by atoms with van der Waals surface area (Å²) in [4.78, 5) is 31.5. The van der Waals surface area contributed by atoms with Crippen molar-refractivity contribution in [3.8, 4) is 11.5 Å². The normalized spacial score (nSPS) is 32.3. The van der Waals surface area contributed by atoms with Crippen molar-refractivity contribution in [1.29, 1.82) is 0 Å². The van der Waals surface area contributed by atoms with Crippen LogP contribution in [-0.4, -0.2) is 37.2 Å². The molecule has 2 heterocycles. The average molecular weight is 471 g/mol. The van der Waals surface area contributed by atoms with E-state index in [1.165, 1.54) is 30.4 Å². The smallest absolute Gasteiger partial charge is 0.309 e. The fourth-order valence-corrected chi connectivity index (χ4v) is 7.63. The maximum absolute atomic E-state index is 13.1. The Balaban J connectivity index is 1.44. The number of nitrogens with one attached hydrogen (secondary N) is 1. The topological polar surface area (TPSA) is 86.8 Å². The van der Waals surface area contributed by atoms with E-state index in [1.54, 1.807) is 18.2 Å². The van der Waals surface area contributed by atoms with Gasteiger partial charge in [0.05, 0.1) is 25.8 Å². The average Bonchev–Trinajstić information content (AvgIpc) is 3.32. The minimum absolute atomic E-state index is 0.0331. The van der Waals surface area contributed by atoms with Crippen molar-refractivity contribution in [2.75, 3.05) is 19.5 Å². The first-order valence-corrected chi connectivity index (χ1v) is 12.3. The summed E-state index contributed by atoms with van der Waals surface area (Å²) in [7, 11) is 3.06. The molecule has 0 bridgehead atoms. The van der Waals surface area contributed by atoms with Gasteiger partial charge in [0, 0.05) is 22.6 Å². The lowest BCUT2D eigenvalue weighted by Gasteiger charge is -2.51. The van der Waals surface area contributed by atoms with Gasteiger partial charge in [-0.1, -0.05) is 26.8 Å². The summed E-state index contributed by atoms with van der Waals surface area (Å²) in [5.41, 5.74) is 1.41. The van der Waals surface area contributed by atoms with Crippen LogP contribution in [-0.2, 0) is 16.0 Å². The number of amides is 1. The Morgan fingerprint density at radius 3 is 2.58 bits per heavy atom. The van der Waals surface area contributed by atoms with Crippen molar-refractivity contribution >= 4 is 28.3 Å². The summed E-state index contributed by atoms with van der Waals surface area (Å²) in [6.45, 7) is 6.51. The Bertz CT molecular complexity index is 1090. The van der Waals surface area contributed by atoms with Gasteiger partial charge >= 0.3 is 5.97 Å². The second-order valence-corrected chi connectivity index (χ2v) is 10.9. The molecular formula is C25H30N2O5S. The first-order valence-electron chi connectivity index (χ1n) is 11.5. The first kappa shape index (κ1) is 22.2. The summed E-state index contributed by atoms with van der Waals surface area (Å²) < 4.78 is 16.7. The van der Waals surface area contributed by atoms with Crippen molar-refractivity contribution in [3.05, 3.63) is 34.3 Å². The number of carbonyl (C=O) groups is 2. The van der Waals surface area contributed by atoms with E-state index < -0.39 is 0 Å². The summed E-state index contributed by atoms with van der Waals surface area (Å²) in [5.74, 6) is 1.15. The third-order valence-corrected chi connectivity index (χ3v) is 9.02. The Hall–Kier alpha value is -2.61. The number of nitrogens with zero attached hydrogens (tertiary/aromatic N) is 1. The zero-order valence-electron chi connectivity index (χ0n) is 19.6. The molecule has 1 saturated heterocycles. The van der Waals surface area contributed by atoms with Gasteiger partial charge in [-0.25, -0.2) is 4.98 Å². The van der Waals surface area contributed by atoms with Crippen LogP contribution in [0.5, 0.6) is 11.5 Å². The molecule has 1 aliphatic heterocycles. The number of methoxy groups -OCH3 is 2. The lowest BCUT2D eigenvalue weighted by atomic mass is 9.54. The van der Waals surface area contributed by atoms with E-state index in [4.69, 9.17) is 19.2 Å². The van der Waals surface area contributed by atoms with E-state index in [1.807, 2.05) is 6.92 Å². The zero-order valence-corrected chi connectivity index (χ0v) is 20.5. The van der Waals surface area contributed by atoms with Crippen molar-refractivity contribution < 1.29 is 23.8 Å². The van der Waals surface area contributed by atoms with Gasteiger partial charge in [-0.15, -0.1) is 11.3 Å². The van der Waals surface area contributed by atoms with Crippen molar-refractivity contribution in [2.24, 2.45) is 23.2 Å². The van der Waals surface area contributed by atoms with Crippen LogP contribution >= 0.6 is 11.3 Å². The maximum Gasteiger partial charge on any atom is 0.309 e. The Morgan fingerprint density at radius 1 is 1.21 bits per heavy atom. The molecule has 3 aliphatic rings. The van der Waals surface area contributed by atoms with Crippen LogP contribution in [0.2, 0.25) is 0 Å².